The Hall–Kier alpha value is -3.93. The molecule has 2 heterocycles. The first-order valence-corrected chi connectivity index (χ1v) is 9.49. The third-order valence-electron chi connectivity index (χ3n) is 4.50. The fourth-order valence-corrected chi connectivity index (χ4v) is 2.90. The number of halogens is 1. The van der Waals surface area contributed by atoms with E-state index in [2.05, 4.69) is 15.0 Å². The molecule has 6 heteroatoms. The molecule has 0 fully saturated rings. The Kier molecular flexibility index (Phi) is 5.57. The quantitative estimate of drug-likeness (QED) is 0.414. The van der Waals surface area contributed by atoms with Gasteiger partial charge < -0.3 is 4.74 Å². The Morgan fingerprint density at radius 3 is 2.17 bits per heavy atom. The van der Waals surface area contributed by atoms with E-state index in [0.29, 0.717) is 28.6 Å². The predicted molar refractivity (Wildman–Crippen MR) is 111 cm³/mol. The van der Waals surface area contributed by atoms with Crippen molar-refractivity contribution in [1.82, 2.24) is 15.0 Å². The van der Waals surface area contributed by atoms with Crippen LogP contribution in [0.5, 0.6) is 11.6 Å². The molecule has 0 spiro atoms. The van der Waals surface area contributed by atoms with Crippen molar-refractivity contribution < 1.29 is 13.9 Å². The van der Waals surface area contributed by atoms with E-state index >= 15 is 0 Å². The molecule has 30 heavy (non-hydrogen) atoms. The van der Waals surface area contributed by atoms with Crippen molar-refractivity contribution in [3.8, 4) is 23.0 Å². The maximum atomic E-state index is 13.1. The van der Waals surface area contributed by atoms with Crippen LogP contribution < -0.4 is 4.74 Å². The van der Waals surface area contributed by atoms with Crippen molar-refractivity contribution in [1.29, 1.82) is 0 Å². The number of aryl methyl sites for hydroxylation is 1. The van der Waals surface area contributed by atoms with Gasteiger partial charge in [0.15, 0.2) is 11.6 Å². The molecule has 0 saturated heterocycles. The van der Waals surface area contributed by atoms with Gasteiger partial charge in [-0.1, -0.05) is 6.92 Å². The second-order valence-corrected chi connectivity index (χ2v) is 6.57. The highest BCUT2D eigenvalue weighted by atomic mass is 19.1. The molecule has 0 aliphatic rings. The van der Waals surface area contributed by atoms with Gasteiger partial charge in [0.2, 0.25) is 5.88 Å². The van der Waals surface area contributed by atoms with Crippen LogP contribution in [0.3, 0.4) is 0 Å². The molecule has 0 aliphatic heterocycles. The number of benzene rings is 2. The van der Waals surface area contributed by atoms with Crippen LogP contribution in [0.1, 0.15) is 28.5 Å². The SMILES string of the molecule is CCc1cc(Oc2ccc(C(=O)c3ccc(F)cc3)cc2)nc(-c2ccncc2)n1. The fraction of sp³-hybridized carbons (Fsp3) is 0.0833. The van der Waals surface area contributed by atoms with Gasteiger partial charge in [0.1, 0.15) is 11.6 Å². The van der Waals surface area contributed by atoms with E-state index in [-0.39, 0.29) is 11.6 Å². The summed E-state index contributed by atoms with van der Waals surface area (Å²) in [7, 11) is 0. The first-order valence-electron chi connectivity index (χ1n) is 9.49. The van der Waals surface area contributed by atoms with Gasteiger partial charge in [-0.2, -0.15) is 4.98 Å². The molecule has 0 bridgehead atoms. The number of nitrogens with zero attached hydrogens (tertiary/aromatic N) is 3. The number of ether oxygens (including phenoxy) is 1. The van der Waals surface area contributed by atoms with Gasteiger partial charge in [-0.3, -0.25) is 9.78 Å². The summed E-state index contributed by atoms with van der Waals surface area (Å²) in [4.78, 5) is 25.6. The van der Waals surface area contributed by atoms with Gasteiger partial charge in [-0.25, -0.2) is 9.37 Å². The lowest BCUT2D eigenvalue weighted by Gasteiger charge is -2.09. The molecule has 0 N–H and O–H groups in total. The lowest BCUT2D eigenvalue weighted by molar-refractivity contribution is 0.103. The molecule has 2 aromatic carbocycles. The number of carbonyl (C=O) groups is 1. The molecule has 0 radical (unpaired) electrons. The van der Waals surface area contributed by atoms with E-state index in [9.17, 15) is 9.18 Å². The number of rotatable bonds is 6. The molecule has 4 aromatic rings. The monoisotopic (exact) mass is 399 g/mol. The predicted octanol–water partition coefficient (Wildman–Crippen LogP) is 5.26. The normalized spacial score (nSPS) is 10.6. The summed E-state index contributed by atoms with van der Waals surface area (Å²) in [6.07, 6.45) is 4.12. The number of aromatic nitrogens is 3. The van der Waals surface area contributed by atoms with Gasteiger partial charge in [0.05, 0.1) is 0 Å². The van der Waals surface area contributed by atoms with Gasteiger partial charge >= 0.3 is 0 Å². The molecule has 2 aromatic heterocycles. The summed E-state index contributed by atoms with van der Waals surface area (Å²) in [6, 6.07) is 17.7. The number of hydrogen-bond donors (Lipinski definition) is 0. The van der Waals surface area contributed by atoms with Gasteiger partial charge in [-0.05, 0) is 67.1 Å². The maximum absolute atomic E-state index is 13.1. The zero-order chi connectivity index (χ0) is 20.9. The van der Waals surface area contributed by atoms with Crippen molar-refractivity contribution in [2.24, 2.45) is 0 Å². The molecule has 5 nitrogen and oxygen atoms in total. The highest BCUT2D eigenvalue weighted by Crippen LogP contribution is 2.24. The average Bonchev–Trinajstić information content (AvgIpc) is 2.80. The lowest BCUT2D eigenvalue weighted by atomic mass is 10.0. The summed E-state index contributed by atoms with van der Waals surface area (Å²) in [5, 5.41) is 0. The van der Waals surface area contributed by atoms with Gasteiger partial charge in [0.25, 0.3) is 0 Å². The molecule has 4 rings (SSSR count). The number of pyridine rings is 1. The van der Waals surface area contributed by atoms with Crippen LogP contribution in [-0.2, 0) is 6.42 Å². The topological polar surface area (TPSA) is 65.0 Å². The van der Waals surface area contributed by atoms with Crippen molar-refractivity contribution in [2.45, 2.75) is 13.3 Å². The van der Waals surface area contributed by atoms with Crippen molar-refractivity contribution in [3.63, 3.8) is 0 Å². The molecule has 0 unspecified atom stereocenters. The summed E-state index contributed by atoms with van der Waals surface area (Å²) < 4.78 is 19.0. The summed E-state index contributed by atoms with van der Waals surface area (Å²) >= 11 is 0. The highest BCUT2D eigenvalue weighted by Gasteiger charge is 2.11. The first-order chi connectivity index (χ1) is 14.6. The molecular weight excluding hydrogens is 381 g/mol. The van der Waals surface area contributed by atoms with E-state index in [1.54, 1.807) is 42.7 Å². The Labute approximate surface area is 173 Å². The minimum Gasteiger partial charge on any atom is -0.439 e. The second-order valence-electron chi connectivity index (χ2n) is 6.57. The standard InChI is InChI=1S/C24H18FN3O2/c1-2-20-15-22(28-24(27-20)18-11-13-26-14-12-18)30-21-9-5-17(6-10-21)23(29)16-3-7-19(25)8-4-16/h3-15H,2H2,1H3. The number of carbonyl (C=O) groups excluding carboxylic acids is 1. The Balaban J connectivity index is 1.56. The molecule has 0 saturated carbocycles. The van der Waals surface area contributed by atoms with Crippen LogP contribution in [0.2, 0.25) is 0 Å². The Bertz CT molecular complexity index is 1160. The van der Waals surface area contributed by atoms with Crippen LogP contribution in [0.15, 0.2) is 79.1 Å². The van der Waals surface area contributed by atoms with Crippen molar-refractivity contribution in [2.75, 3.05) is 0 Å². The zero-order valence-electron chi connectivity index (χ0n) is 16.2. The van der Waals surface area contributed by atoms with Crippen LogP contribution in [0.25, 0.3) is 11.4 Å². The Morgan fingerprint density at radius 2 is 1.53 bits per heavy atom. The zero-order valence-corrected chi connectivity index (χ0v) is 16.2. The summed E-state index contributed by atoms with van der Waals surface area (Å²) in [6.45, 7) is 2.01. The molecule has 0 atom stereocenters. The molecular formula is C24H18FN3O2. The largest absolute Gasteiger partial charge is 0.439 e. The fourth-order valence-electron chi connectivity index (χ4n) is 2.90. The third kappa shape index (κ3) is 4.38. The van der Waals surface area contributed by atoms with Gasteiger partial charge in [0, 0.05) is 40.8 Å². The van der Waals surface area contributed by atoms with Crippen LogP contribution in [0, 0.1) is 5.82 Å². The number of hydrogen-bond acceptors (Lipinski definition) is 5. The van der Waals surface area contributed by atoms with Gasteiger partial charge in [-0.15, -0.1) is 0 Å². The molecule has 0 amide bonds. The van der Waals surface area contributed by atoms with E-state index in [1.165, 1.54) is 24.3 Å². The second kappa shape index (κ2) is 8.61. The minimum absolute atomic E-state index is 0.183. The smallest absolute Gasteiger partial charge is 0.223 e. The third-order valence-corrected chi connectivity index (χ3v) is 4.50. The Morgan fingerprint density at radius 1 is 0.900 bits per heavy atom. The lowest BCUT2D eigenvalue weighted by Crippen LogP contribution is -2.01. The summed E-state index contributed by atoms with van der Waals surface area (Å²) in [5.74, 6) is 0.975. The van der Waals surface area contributed by atoms with Crippen molar-refractivity contribution in [3.05, 3.63) is 102 Å². The average molecular weight is 399 g/mol. The van der Waals surface area contributed by atoms with Crippen LogP contribution >= 0.6 is 0 Å². The number of ketones is 1. The van der Waals surface area contributed by atoms with E-state index in [4.69, 9.17) is 4.74 Å². The summed E-state index contributed by atoms with van der Waals surface area (Å²) in [5.41, 5.74) is 2.62. The maximum Gasteiger partial charge on any atom is 0.223 e. The highest BCUT2D eigenvalue weighted by molar-refractivity contribution is 6.09. The first kappa shape index (κ1) is 19.4. The minimum atomic E-state index is -0.377. The molecule has 148 valence electrons. The van der Waals surface area contributed by atoms with E-state index in [1.807, 2.05) is 19.1 Å². The van der Waals surface area contributed by atoms with E-state index < -0.39 is 0 Å². The van der Waals surface area contributed by atoms with Crippen molar-refractivity contribution >= 4 is 5.78 Å². The van der Waals surface area contributed by atoms with Crippen LogP contribution in [-0.4, -0.2) is 20.7 Å². The molecule has 0 aliphatic carbocycles. The van der Waals surface area contributed by atoms with Crippen LogP contribution in [0.4, 0.5) is 4.39 Å². The van der Waals surface area contributed by atoms with E-state index in [0.717, 1.165) is 17.7 Å².